The summed E-state index contributed by atoms with van der Waals surface area (Å²) in [5.41, 5.74) is 7.96. The Morgan fingerprint density at radius 2 is 1.89 bits per heavy atom. The third-order valence-corrected chi connectivity index (χ3v) is 2.94. The second-order valence-corrected chi connectivity index (χ2v) is 4.81. The van der Waals surface area contributed by atoms with Crippen molar-refractivity contribution in [2.45, 2.75) is 6.92 Å². The Kier molecular flexibility index (Phi) is 3.54. The third-order valence-electron chi connectivity index (χ3n) is 2.45. The van der Waals surface area contributed by atoms with Crippen molar-refractivity contribution >= 4 is 21.6 Å². The molecule has 18 heavy (non-hydrogen) atoms. The number of hydrogen-bond donors (Lipinski definition) is 1. The molecule has 0 unspecified atom stereocenters. The van der Waals surface area contributed by atoms with Gasteiger partial charge in [-0.1, -0.05) is 22.0 Å². The molecule has 0 radical (unpaired) electrons. The summed E-state index contributed by atoms with van der Waals surface area (Å²) in [6.07, 6.45) is 0. The fourth-order valence-electron chi connectivity index (χ4n) is 1.56. The highest BCUT2D eigenvalue weighted by molar-refractivity contribution is 9.10. The number of ether oxygens (including phenoxy) is 1. The predicted molar refractivity (Wildman–Crippen MR) is 74.5 cm³/mol. The van der Waals surface area contributed by atoms with Gasteiger partial charge in [0.15, 0.2) is 0 Å². The Bertz CT molecular complexity index is 632. The van der Waals surface area contributed by atoms with Crippen molar-refractivity contribution in [2.75, 3.05) is 5.73 Å². The minimum atomic E-state index is 0.462. The zero-order chi connectivity index (χ0) is 13.1. The molecule has 0 aromatic heterocycles. The molecule has 0 atom stereocenters. The average Bonchev–Trinajstić information content (AvgIpc) is 2.34. The molecule has 0 saturated heterocycles. The lowest BCUT2D eigenvalue weighted by Crippen LogP contribution is -1.94. The van der Waals surface area contributed by atoms with Gasteiger partial charge in [-0.15, -0.1) is 0 Å². The fraction of sp³-hybridized carbons (Fsp3) is 0.0714. The van der Waals surface area contributed by atoms with Crippen LogP contribution in [-0.4, -0.2) is 0 Å². The highest BCUT2D eigenvalue weighted by Gasteiger charge is 2.07. The van der Waals surface area contributed by atoms with Crippen LogP contribution in [0.3, 0.4) is 0 Å². The van der Waals surface area contributed by atoms with Gasteiger partial charge in [-0.2, -0.15) is 5.26 Å². The first kappa shape index (κ1) is 12.5. The molecule has 2 aromatic rings. The molecule has 0 bridgehead atoms. The lowest BCUT2D eigenvalue weighted by Gasteiger charge is -2.10. The molecule has 0 aliphatic rings. The van der Waals surface area contributed by atoms with Gasteiger partial charge in [0.05, 0.1) is 11.3 Å². The van der Waals surface area contributed by atoms with E-state index < -0.39 is 0 Å². The molecule has 0 spiro atoms. The molecule has 4 heteroatoms. The van der Waals surface area contributed by atoms with Crippen LogP contribution in [0.25, 0.3) is 0 Å². The van der Waals surface area contributed by atoms with Gasteiger partial charge in [0.1, 0.15) is 17.6 Å². The Morgan fingerprint density at radius 1 is 1.17 bits per heavy atom. The molecule has 0 fully saturated rings. The van der Waals surface area contributed by atoms with Crippen LogP contribution < -0.4 is 10.5 Å². The van der Waals surface area contributed by atoms with E-state index in [1.807, 2.05) is 25.1 Å². The van der Waals surface area contributed by atoms with E-state index in [2.05, 4.69) is 22.0 Å². The van der Waals surface area contributed by atoms with Crippen molar-refractivity contribution in [3.63, 3.8) is 0 Å². The van der Waals surface area contributed by atoms with Crippen LogP contribution in [0.4, 0.5) is 5.69 Å². The molecule has 2 aromatic carbocycles. The van der Waals surface area contributed by atoms with E-state index in [9.17, 15) is 0 Å². The van der Waals surface area contributed by atoms with Crippen LogP contribution in [0.2, 0.25) is 0 Å². The van der Waals surface area contributed by atoms with E-state index in [1.165, 1.54) is 0 Å². The molecule has 0 amide bonds. The molecule has 2 rings (SSSR count). The zero-order valence-electron chi connectivity index (χ0n) is 9.77. The van der Waals surface area contributed by atoms with Gasteiger partial charge in [0.25, 0.3) is 0 Å². The smallest absolute Gasteiger partial charge is 0.150 e. The first-order valence-electron chi connectivity index (χ1n) is 5.34. The first-order chi connectivity index (χ1) is 8.60. The van der Waals surface area contributed by atoms with Crippen LogP contribution >= 0.6 is 15.9 Å². The number of nitrogens with two attached hydrogens (primary N) is 1. The number of aryl methyl sites for hydroxylation is 1. The maximum Gasteiger partial charge on any atom is 0.150 e. The number of rotatable bonds is 2. The van der Waals surface area contributed by atoms with E-state index in [0.29, 0.717) is 22.7 Å². The maximum absolute atomic E-state index is 9.05. The topological polar surface area (TPSA) is 59.0 Å². The van der Waals surface area contributed by atoms with Crippen molar-refractivity contribution in [1.82, 2.24) is 0 Å². The highest BCUT2D eigenvalue weighted by atomic mass is 79.9. The summed E-state index contributed by atoms with van der Waals surface area (Å²) in [5, 5.41) is 9.05. The van der Waals surface area contributed by atoms with Crippen molar-refractivity contribution < 1.29 is 4.74 Å². The summed E-state index contributed by atoms with van der Waals surface area (Å²) in [7, 11) is 0. The third kappa shape index (κ3) is 2.63. The van der Waals surface area contributed by atoms with Gasteiger partial charge in [-0.3, -0.25) is 0 Å². The Balaban J connectivity index is 2.37. The highest BCUT2D eigenvalue weighted by Crippen LogP contribution is 2.31. The number of benzene rings is 2. The first-order valence-corrected chi connectivity index (χ1v) is 6.13. The van der Waals surface area contributed by atoms with Crippen LogP contribution in [0.15, 0.2) is 40.9 Å². The normalized spacial score (nSPS) is 9.83. The van der Waals surface area contributed by atoms with Crippen LogP contribution in [0.5, 0.6) is 11.5 Å². The Labute approximate surface area is 114 Å². The second kappa shape index (κ2) is 5.11. The number of hydrogen-bond acceptors (Lipinski definition) is 3. The van der Waals surface area contributed by atoms with Gasteiger partial charge in [-0.25, -0.2) is 0 Å². The molecule has 0 saturated carbocycles. The summed E-state index contributed by atoms with van der Waals surface area (Å²) in [4.78, 5) is 0. The van der Waals surface area contributed by atoms with E-state index in [1.54, 1.807) is 18.2 Å². The molecule has 90 valence electrons. The number of anilines is 1. The molecule has 0 heterocycles. The van der Waals surface area contributed by atoms with E-state index in [0.717, 1.165) is 10.0 Å². The minimum Gasteiger partial charge on any atom is -0.454 e. The number of nitrogens with zero attached hydrogens (tertiary/aromatic N) is 1. The number of nitrogen functional groups attached to an aromatic ring is 1. The summed E-state index contributed by atoms with van der Waals surface area (Å²) in [5.74, 6) is 1.05. The standard InChI is InChI=1S/C14H11BrN2O/c1-9-2-4-14(12(17)6-9)18-13-5-3-11(15)7-10(13)8-16/h2-7H,17H2,1H3. The Hall–Kier alpha value is -1.99. The van der Waals surface area contributed by atoms with E-state index in [-0.39, 0.29) is 0 Å². The van der Waals surface area contributed by atoms with Crippen LogP contribution in [0.1, 0.15) is 11.1 Å². The summed E-state index contributed by atoms with van der Waals surface area (Å²) >= 11 is 3.32. The maximum atomic E-state index is 9.05. The molecule has 3 nitrogen and oxygen atoms in total. The Morgan fingerprint density at radius 3 is 2.56 bits per heavy atom. The zero-order valence-corrected chi connectivity index (χ0v) is 11.4. The minimum absolute atomic E-state index is 0.462. The van der Waals surface area contributed by atoms with E-state index in [4.69, 9.17) is 15.7 Å². The number of halogens is 1. The number of nitriles is 1. The predicted octanol–water partition coefficient (Wildman–Crippen LogP) is 4.00. The van der Waals surface area contributed by atoms with Gasteiger partial charge in [0, 0.05) is 4.47 Å². The van der Waals surface area contributed by atoms with Crippen molar-refractivity contribution in [3.8, 4) is 17.6 Å². The second-order valence-electron chi connectivity index (χ2n) is 3.90. The average molecular weight is 303 g/mol. The molecular formula is C14H11BrN2O. The summed E-state index contributed by atoms with van der Waals surface area (Å²) in [6.45, 7) is 1.96. The van der Waals surface area contributed by atoms with Gasteiger partial charge >= 0.3 is 0 Å². The largest absolute Gasteiger partial charge is 0.454 e. The summed E-state index contributed by atoms with van der Waals surface area (Å²) in [6, 6.07) is 12.9. The van der Waals surface area contributed by atoms with Crippen LogP contribution in [0, 0.1) is 18.3 Å². The fourth-order valence-corrected chi connectivity index (χ4v) is 1.92. The lowest BCUT2D eigenvalue weighted by molar-refractivity contribution is 0.483. The molecule has 0 aliphatic carbocycles. The SMILES string of the molecule is Cc1ccc(Oc2ccc(Br)cc2C#N)c(N)c1. The molecular weight excluding hydrogens is 292 g/mol. The van der Waals surface area contributed by atoms with Gasteiger partial charge in [-0.05, 0) is 42.8 Å². The monoisotopic (exact) mass is 302 g/mol. The van der Waals surface area contributed by atoms with Gasteiger partial charge < -0.3 is 10.5 Å². The van der Waals surface area contributed by atoms with Gasteiger partial charge in [0.2, 0.25) is 0 Å². The quantitative estimate of drug-likeness (QED) is 0.853. The van der Waals surface area contributed by atoms with Crippen LogP contribution in [-0.2, 0) is 0 Å². The van der Waals surface area contributed by atoms with Crippen molar-refractivity contribution in [2.24, 2.45) is 0 Å². The van der Waals surface area contributed by atoms with Crippen molar-refractivity contribution in [1.29, 1.82) is 5.26 Å². The molecule has 2 N–H and O–H groups in total. The van der Waals surface area contributed by atoms with E-state index >= 15 is 0 Å². The summed E-state index contributed by atoms with van der Waals surface area (Å²) < 4.78 is 6.51. The lowest BCUT2D eigenvalue weighted by atomic mass is 10.2. The molecule has 0 aliphatic heterocycles. The van der Waals surface area contributed by atoms with Crippen molar-refractivity contribution in [3.05, 3.63) is 52.0 Å².